The van der Waals surface area contributed by atoms with Crippen LogP contribution >= 0.6 is 11.3 Å². The van der Waals surface area contributed by atoms with E-state index < -0.39 is 12.6 Å². The molecule has 23 heavy (non-hydrogen) atoms. The molecule has 1 atom stereocenters. The molecule has 0 fully saturated rings. The number of rotatable bonds is 4. The normalized spacial score (nSPS) is 14.9. The molecule has 2 amide bonds. The molecule has 6 heteroatoms. The van der Waals surface area contributed by atoms with Gasteiger partial charge in [0.25, 0.3) is 5.91 Å². The molecule has 2 heterocycles. The van der Waals surface area contributed by atoms with E-state index in [-0.39, 0.29) is 11.8 Å². The summed E-state index contributed by atoms with van der Waals surface area (Å²) in [7, 11) is 0. The summed E-state index contributed by atoms with van der Waals surface area (Å²) in [5.74, 6) is -0.572. The van der Waals surface area contributed by atoms with Crippen molar-refractivity contribution in [2.24, 2.45) is 0 Å². The van der Waals surface area contributed by atoms with Crippen molar-refractivity contribution >= 4 is 23.2 Å². The number of nitrogens with zero attached hydrogens (tertiary/aromatic N) is 1. The highest BCUT2D eigenvalue weighted by Gasteiger charge is 2.28. The van der Waals surface area contributed by atoms with Crippen LogP contribution < -0.4 is 5.32 Å². The van der Waals surface area contributed by atoms with Crippen molar-refractivity contribution in [2.75, 3.05) is 13.2 Å². The summed E-state index contributed by atoms with van der Waals surface area (Å²) in [5.41, 5.74) is 2.37. The summed E-state index contributed by atoms with van der Waals surface area (Å²) in [6.45, 7) is 0.704. The lowest BCUT2D eigenvalue weighted by molar-refractivity contribution is -0.135. The summed E-state index contributed by atoms with van der Waals surface area (Å²) in [6.07, 6.45) is 0.791. The molecule has 0 radical (unpaired) electrons. The molecule has 0 unspecified atom stereocenters. The standard InChI is InChI=1S/C17H18N2O3S/c20-11-14(18-16(21)15-6-3-9-23-15)17(22)19-8-7-12-4-1-2-5-13(12)10-19/h1-6,9,14,20H,7-8,10-11H2,(H,18,21)/t14-/m0/s1. The lowest BCUT2D eigenvalue weighted by Gasteiger charge is -2.31. The molecule has 120 valence electrons. The van der Waals surface area contributed by atoms with E-state index in [1.54, 1.807) is 22.4 Å². The van der Waals surface area contributed by atoms with E-state index >= 15 is 0 Å². The van der Waals surface area contributed by atoms with Gasteiger partial charge in [0.1, 0.15) is 6.04 Å². The molecule has 2 N–H and O–H groups in total. The minimum absolute atomic E-state index is 0.244. The fourth-order valence-corrected chi connectivity index (χ4v) is 3.35. The number of benzene rings is 1. The number of amides is 2. The number of carbonyl (C=O) groups is 2. The molecule has 3 rings (SSSR count). The van der Waals surface area contributed by atoms with Gasteiger partial charge in [-0.2, -0.15) is 0 Å². The zero-order chi connectivity index (χ0) is 16.2. The molecule has 1 aromatic carbocycles. The van der Waals surface area contributed by atoms with Gasteiger partial charge in [-0.05, 0) is 29.0 Å². The predicted molar refractivity (Wildman–Crippen MR) is 88.2 cm³/mol. The Balaban J connectivity index is 1.67. The summed E-state index contributed by atoms with van der Waals surface area (Å²) in [4.78, 5) is 26.9. The van der Waals surface area contributed by atoms with Crippen LogP contribution in [0.3, 0.4) is 0 Å². The van der Waals surface area contributed by atoms with Gasteiger partial charge in [0, 0.05) is 13.1 Å². The third-order valence-corrected chi connectivity index (χ3v) is 4.84. The molecule has 1 aliphatic heterocycles. The largest absolute Gasteiger partial charge is 0.394 e. The van der Waals surface area contributed by atoms with Crippen LogP contribution in [0.5, 0.6) is 0 Å². The van der Waals surface area contributed by atoms with Crippen molar-refractivity contribution in [3.05, 3.63) is 57.8 Å². The number of nitrogens with one attached hydrogen (secondary N) is 1. The van der Waals surface area contributed by atoms with E-state index in [9.17, 15) is 14.7 Å². The summed E-state index contributed by atoms with van der Waals surface area (Å²) in [5, 5.41) is 13.9. The maximum Gasteiger partial charge on any atom is 0.262 e. The highest BCUT2D eigenvalue weighted by Crippen LogP contribution is 2.19. The molecule has 0 saturated carbocycles. The molecule has 1 aliphatic rings. The lowest BCUT2D eigenvalue weighted by atomic mass is 9.99. The van der Waals surface area contributed by atoms with Crippen LogP contribution in [-0.2, 0) is 17.8 Å². The Hall–Kier alpha value is -2.18. The highest BCUT2D eigenvalue weighted by molar-refractivity contribution is 7.12. The van der Waals surface area contributed by atoms with Gasteiger partial charge in [0.05, 0.1) is 11.5 Å². The maximum atomic E-state index is 12.6. The number of hydrogen-bond donors (Lipinski definition) is 2. The van der Waals surface area contributed by atoms with Crippen LogP contribution in [0.25, 0.3) is 0 Å². The van der Waals surface area contributed by atoms with E-state index in [4.69, 9.17) is 0 Å². The molecular weight excluding hydrogens is 312 g/mol. The molecule has 0 aliphatic carbocycles. The lowest BCUT2D eigenvalue weighted by Crippen LogP contribution is -2.51. The molecule has 0 spiro atoms. The van der Waals surface area contributed by atoms with Crippen molar-refractivity contribution in [3.63, 3.8) is 0 Å². The first-order valence-electron chi connectivity index (χ1n) is 7.50. The van der Waals surface area contributed by atoms with Crippen LogP contribution in [0, 0.1) is 0 Å². The van der Waals surface area contributed by atoms with Gasteiger partial charge in [0.2, 0.25) is 5.91 Å². The van der Waals surface area contributed by atoms with E-state index in [0.29, 0.717) is 18.0 Å². The van der Waals surface area contributed by atoms with Crippen LogP contribution in [0.1, 0.15) is 20.8 Å². The Bertz CT molecular complexity index is 700. The Labute approximate surface area is 138 Å². The van der Waals surface area contributed by atoms with E-state index in [1.165, 1.54) is 16.9 Å². The first kappa shape index (κ1) is 15.7. The fraction of sp³-hybridized carbons (Fsp3) is 0.294. The maximum absolute atomic E-state index is 12.6. The molecule has 0 bridgehead atoms. The minimum Gasteiger partial charge on any atom is -0.394 e. The predicted octanol–water partition coefficient (Wildman–Crippen LogP) is 1.42. The van der Waals surface area contributed by atoms with Gasteiger partial charge in [-0.1, -0.05) is 30.3 Å². The molecule has 5 nitrogen and oxygen atoms in total. The SMILES string of the molecule is O=C(N[C@@H](CO)C(=O)N1CCc2ccccc2C1)c1cccs1. The van der Waals surface area contributed by atoms with Gasteiger partial charge < -0.3 is 15.3 Å². The molecule has 2 aromatic rings. The van der Waals surface area contributed by atoms with Crippen molar-refractivity contribution in [2.45, 2.75) is 19.0 Å². The number of aliphatic hydroxyl groups excluding tert-OH is 1. The second-order valence-corrected chi connectivity index (χ2v) is 6.41. The van der Waals surface area contributed by atoms with Gasteiger partial charge in [-0.15, -0.1) is 11.3 Å². The second-order valence-electron chi connectivity index (χ2n) is 5.46. The Morgan fingerprint density at radius 2 is 2.00 bits per heavy atom. The first-order chi connectivity index (χ1) is 11.2. The van der Waals surface area contributed by atoms with Crippen molar-refractivity contribution in [1.29, 1.82) is 0 Å². The fourth-order valence-electron chi connectivity index (χ4n) is 2.73. The van der Waals surface area contributed by atoms with Crippen LogP contribution in [0.15, 0.2) is 41.8 Å². The number of thiophene rings is 1. The second kappa shape index (κ2) is 6.93. The Kier molecular flexibility index (Phi) is 4.73. The smallest absolute Gasteiger partial charge is 0.262 e. The van der Waals surface area contributed by atoms with Crippen molar-refractivity contribution in [3.8, 4) is 0 Å². The number of carbonyl (C=O) groups excluding carboxylic acids is 2. The Morgan fingerprint density at radius 3 is 2.70 bits per heavy atom. The van der Waals surface area contributed by atoms with E-state index in [1.807, 2.05) is 18.2 Å². The van der Waals surface area contributed by atoms with Gasteiger partial charge >= 0.3 is 0 Å². The summed E-state index contributed by atoms with van der Waals surface area (Å²) < 4.78 is 0. The summed E-state index contributed by atoms with van der Waals surface area (Å²) >= 11 is 1.30. The van der Waals surface area contributed by atoms with Crippen LogP contribution in [-0.4, -0.2) is 41.0 Å². The monoisotopic (exact) mass is 330 g/mol. The number of aliphatic hydroxyl groups is 1. The third-order valence-electron chi connectivity index (χ3n) is 3.97. The van der Waals surface area contributed by atoms with Crippen LogP contribution in [0.4, 0.5) is 0 Å². The summed E-state index contributed by atoms with van der Waals surface area (Å²) in [6, 6.07) is 10.6. The Morgan fingerprint density at radius 1 is 1.22 bits per heavy atom. The highest BCUT2D eigenvalue weighted by atomic mass is 32.1. The zero-order valence-corrected chi connectivity index (χ0v) is 13.4. The van der Waals surface area contributed by atoms with Crippen molar-refractivity contribution < 1.29 is 14.7 Å². The van der Waals surface area contributed by atoms with Gasteiger partial charge in [-0.25, -0.2) is 0 Å². The van der Waals surface area contributed by atoms with Gasteiger partial charge in [0.15, 0.2) is 0 Å². The third kappa shape index (κ3) is 3.43. The van der Waals surface area contributed by atoms with Crippen molar-refractivity contribution in [1.82, 2.24) is 10.2 Å². The van der Waals surface area contributed by atoms with E-state index in [2.05, 4.69) is 11.4 Å². The van der Waals surface area contributed by atoms with E-state index in [0.717, 1.165) is 12.0 Å². The number of hydrogen-bond acceptors (Lipinski definition) is 4. The topological polar surface area (TPSA) is 69.6 Å². The molecule has 1 aromatic heterocycles. The minimum atomic E-state index is -0.908. The average molecular weight is 330 g/mol. The zero-order valence-electron chi connectivity index (χ0n) is 12.6. The average Bonchev–Trinajstić information content (AvgIpc) is 3.13. The number of fused-ring (bicyclic) bond motifs is 1. The van der Waals surface area contributed by atoms with Crippen LogP contribution in [0.2, 0.25) is 0 Å². The van der Waals surface area contributed by atoms with Gasteiger partial charge in [-0.3, -0.25) is 9.59 Å². The molecule has 0 saturated heterocycles. The molecular formula is C17H18N2O3S. The first-order valence-corrected chi connectivity index (χ1v) is 8.38. The quantitative estimate of drug-likeness (QED) is 0.891.